The van der Waals surface area contributed by atoms with Crippen LogP contribution in [0.2, 0.25) is 0 Å². The summed E-state index contributed by atoms with van der Waals surface area (Å²) in [7, 11) is 2.15. The Morgan fingerprint density at radius 3 is 2.80 bits per heavy atom. The van der Waals surface area contributed by atoms with E-state index in [0.29, 0.717) is 0 Å². The van der Waals surface area contributed by atoms with E-state index in [2.05, 4.69) is 11.9 Å². The largest absolute Gasteiger partial charge is 0.491 e. The Morgan fingerprint density at radius 2 is 2.13 bits per heavy atom. The molecule has 15 heavy (non-hydrogen) atoms. The second-order valence-corrected chi connectivity index (χ2v) is 4.26. The zero-order valence-corrected chi connectivity index (χ0v) is 9.15. The maximum absolute atomic E-state index is 5.77. The molecule has 2 N–H and O–H groups in total. The van der Waals surface area contributed by atoms with Crippen molar-refractivity contribution in [3.05, 3.63) is 24.3 Å². The molecule has 0 spiro atoms. The number of para-hydroxylation sites is 2. The van der Waals surface area contributed by atoms with Gasteiger partial charge in [-0.15, -0.1) is 0 Å². The Bertz CT molecular complexity index is 321. The van der Waals surface area contributed by atoms with Gasteiger partial charge in [-0.2, -0.15) is 0 Å². The Labute approximate surface area is 90.8 Å². The molecular weight excluding hydrogens is 188 g/mol. The van der Waals surface area contributed by atoms with Crippen LogP contribution in [0.15, 0.2) is 24.3 Å². The number of nitrogen functional groups attached to an aromatic ring is 1. The van der Waals surface area contributed by atoms with Gasteiger partial charge in [0.2, 0.25) is 0 Å². The highest BCUT2D eigenvalue weighted by molar-refractivity contribution is 5.51. The van der Waals surface area contributed by atoms with E-state index in [1.54, 1.807) is 0 Å². The number of anilines is 1. The number of nitrogens with zero attached hydrogens (tertiary/aromatic N) is 1. The predicted octanol–water partition coefficient (Wildman–Crippen LogP) is 1.60. The minimum Gasteiger partial charge on any atom is -0.491 e. The molecule has 0 amide bonds. The second kappa shape index (κ2) is 4.53. The Balaban J connectivity index is 1.72. The lowest BCUT2D eigenvalue weighted by Gasteiger charge is -2.36. The van der Waals surface area contributed by atoms with Gasteiger partial charge in [-0.3, -0.25) is 0 Å². The summed E-state index contributed by atoms with van der Waals surface area (Å²) in [6.45, 7) is 3.17. The average Bonchev–Trinajstić information content (AvgIpc) is 2.18. The van der Waals surface area contributed by atoms with E-state index in [4.69, 9.17) is 10.5 Å². The molecule has 1 aromatic rings. The van der Waals surface area contributed by atoms with E-state index in [-0.39, 0.29) is 0 Å². The molecule has 0 radical (unpaired) electrons. The molecule has 0 bridgehead atoms. The van der Waals surface area contributed by atoms with Crippen molar-refractivity contribution in [2.45, 2.75) is 6.42 Å². The molecule has 3 heteroatoms. The molecule has 0 aromatic heterocycles. The minimum atomic E-state index is 0.725. The first kappa shape index (κ1) is 10.3. The van der Waals surface area contributed by atoms with Crippen LogP contribution >= 0.6 is 0 Å². The first-order chi connectivity index (χ1) is 7.25. The van der Waals surface area contributed by atoms with E-state index in [1.807, 2.05) is 24.3 Å². The molecular formula is C12H18N2O. The second-order valence-electron chi connectivity index (χ2n) is 4.26. The summed E-state index contributed by atoms with van der Waals surface area (Å²) in [5.74, 6) is 1.62. The molecule has 1 fully saturated rings. The summed E-state index contributed by atoms with van der Waals surface area (Å²) in [4.78, 5) is 2.32. The normalized spacial score (nSPS) is 17.4. The third-order valence-electron chi connectivity index (χ3n) is 2.84. The zero-order valence-electron chi connectivity index (χ0n) is 9.15. The fourth-order valence-electron chi connectivity index (χ4n) is 1.96. The van der Waals surface area contributed by atoms with Crippen molar-refractivity contribution in [3.63, 3.8) is 0 Å². The maximum atomic E-state index is 5.77. The first-order valence-corrected chi connectivity index (χ1v) is 5.41. The fraction of sp³-hybridized carbons (Fsp3) is 0.500. The van der Waals surface area contributed by atoms with Crippen LogP contribution in [-0.4, -0.2) is 31.6 Å². The van der Waals surface area contributed by atoms with Crippen LogP contribution < -0.4 is 10.5 Å². The quantitative estimate of drug-likeness (QED) is 0.760. The van der Waals surface area contributed by atoms with Crippen molar-refractivity contribution in [1.29, 1.82) is 0 Å². The highest BCUT2D eigenvalue weighted by Gasteiger charge is 2.22. The van der Waals surface area contributed by atoms with Crippen molar-refractivity contribution in [2.24, 2.45) is 5.92 Å². The summed E-state index contributed by atoms with van der Waals surface area (Å²) >= 11 is 0. The number of benzene rings is 1. The number of hydrogen-bond donors (Lipinski definition) is 1. The summed E-state index contributed by atoms with van der Waals surface area (Å²) in [6.07, 6.45) is 1.12. The topological polar surface area (TPSA) is 38.5 Å². The number of ether oxygens (including phenoxy) is 1. The van der Waals surface area contributed by atoms with E-state index < -0.39 is 0 Å². The van der Waals surface area contributed by atoms with Gasteiger partial charge in [-0.25, -0.2) is 0 Å². The van der Waals surface area contributed by atoms with Gasteiger partial charge in [-0.05, 0) is 31.5 Å². The Hall–Kier alpha value is -1.22. The summed E-state index contributed by atoms with van der Waals surface area (Å²) < 4.78 is 5.63. The fourth-order valence-corrected chi connectivity index (χ4v) is 1.96. The monoisotopic (exact) mass is 206 g/mol. The third kappa shape index (κ3) is 2.63. The van der Waals surface area contributed by atoms with Crippen molar-refractivity contribution in [1.82, 2.24) is 4.90 Å². The van der Waals surface area contributed by atoms with Crippen LogP contribution in [0.3, 0.4) is 0 Å². The molecule has 0 aliphatic carbocycles. The third-order valence-corrected chi connectivity index (χ3v) is 2.84. The van der Waals surface area contributed by atoms with Gasteiger partial charge >= 0.3 is 0 Å². The smallest absolute Gasteiger partial charge is 0.142 e. The minimum absolute atomic E-state index is 0.725. The molecule has 1 aliphatic rings. The number of likely N-dealkylation sites (tertiary alicyclic amines) is 1. The van der Waals surface area contributed by atoms with Gasteiger partial charge in [0, 0.05) is 13.1 Å². The molecule has 2 rings (SSSR count). The number of hydrogen-bond acceptors (Lipinski definition) is 3. The molecule has 1 saturated heterocycles. The summed E-state index contributed by atoms with van der Waals surface area (Å²) in [5.41, 5.74) is 6.50. The molecule has 3 nitrogen and oxygen atoms in total. The Morgan fingerprint density at radius 1 is 1.40 bits per heavy atom. The van der Waals surface area contributed by atoms with Gasteiger partial charge < -0.3 is 15.4 Å². The van der Waals surface area contributed by atoms with Gasteiger partial charge in [0.05, 0.1) is 12.3 Å². The molecule has 1 aliphatic heterocycles. The van der Waals surface area contributed by atoms with Crippen molar-refractivity contribution < 1.29 is 4.74 Å². The van der Waals surface area contributed by atoms with Crippen LogP contribution in [0, 0.1) is 5.92 Å². The highest BCUT2D eigenvalue weighted by atomic mass is 16.5. The van der Waals surface area contributed by atoms with Crippen LogP contribution in [0.1, 0.15) is 6.42 Å². The van der Waals surface area contributed by atoms with E-state index in [0.717, 1.165) is 30.4 Å². The summed E-state index contributed by atoms with van der Waals surface area (Å²) in [5, 5.41) is 0. The van der Waals surface area contributed by atoms with Gasteiger partial charge in [0.15, 0.2) is 0 Å². The maximum Gasteiger partial charge on any atom is 0.142 e. The zero-order chi connectivity index (χ0) is 10.7. The SMILES string of the molecule is CN1CC(CCOc2ccccc2N)C1. The van der Waals surface area contributed by atoms with E-state index in [9.17, 15) is 0 Å². The lowest BCUT2D eigenvalue weighted by atomic mass is 9.98. The van der Waals surface area contributed by atoms with Crippen LogP contribution in [0.4, 0.5) is 5.69 Å². The number of nitrogens with two attached hydrogens (primary N) is 1. The molecule has 1 heterocycles. The van der Waals surface area contributed by atoms with Crippen molar-refractivity contribution in [3.8, 4) is 5.75 Å². The molecule has 82 valence electrons. The molecule has 0 unspecified atom stereocenters. The standard InChI is InChI=1S/C12H18N2O/c1-14-8-10(9-14)6-7-15-12-5-3-2-4-11(12)13/h2-5,10H,6-9,13H2,1H3. The average molecular weight is 206 g/mol. The lowest BCUT2D eigenvalue weighted by molar-refractivity contribution is 0.111. The molecule has 1 aromatic carbocycles. The van der Waals surface area contributed by atoms with E-state index >= 15 is 0 Å². The first-order valence-electron chi connectivity index (χ1n) is 5.41. The predicted molar refractivity (Wildman–Crippen MR) is 62.0 cm³/mol. The molecule has 0 atom stereocenters. The summed E-state index contributed by atoms with van der Waals surface area (Å²) in [6, 6.07) is 7.65. The van der Waals surface area contributed by atoms with Gasteiger partial charge in [-0.1, -0.05) is 12.1 Å². The van der Waals surface area contributed by atoms with Crippen molar-refractivity contribution in [2.75, 3.05) is 32.5 Å². The van der Waals surface area contributed by atoms with Crippen LogP contribution in [0.5, 0.6) is 5.75 Å². The molecule has 0 saturated carbocycles. The van der Waals surface area contributed by atoms with Crippen LogP contribution in [-0.2, 0) is 0 Å². The van der Waals surface area contributed by atoms with Crippen LogP contribution in [0.25, 0.3) is 0 Å². The van der Waals surface area contributed by atoms with E-state index in [1.165, 1.54) is 13.1 Å². The van der Waals surface area contributed by atoms with Gasteiger partial charge in [0.25, 0.3) is 0 Å². The lowest BCUT2D eigenvalue weighted by Crippen LogP contribution is -2.44. The Kier molecular flexibility index (Phi) is 3.11. The highest BCUT2D eigenvalue weighted by Crippen LogP contribution is 2.21. The van der Waals surface area contributed by atoms with Gasteiger partial charge in [0.1, 0.15) is 5.75 Å². The number of rotatable bonds is 4. The van der Waals surface area contributed by atoms with Crippen molar-refractivity contribution >= 4 is 5.69 Å².